The molecule has 1 heterocycles. The highest BCUT2D eigenvalue weighted by molar-refractivity contribution is 9.10. The summed E-state index contributed by atoms with van der Waals surface area (Å²) < 4.78 is 6.55. The monoisotopic (exact) mass is 286 g/mol. The Labute approximate surface area is 106 Å². The molecule has 1 aromatic heterocycles. The first-order chi connectivity index (χ1) is 7.61. The highest BCUT2D eigenvalue weighted by Crippen LogP contribution is 2.25. The van der Waals surface area contributed by atoms with Gasteiger partial charge in [-0.1, -0.05) is 13.8 Å². The third-order valence-corrected chi connectivity index (χ3v) is 3.13. The molecule has 0 aliphatic heterocycles. The van der Waals surface area contributed by atoms with Crippen molar-refractivity contribution in [2.45, 2.75) is 33.2 Å². The Morgan fingerprint density at radius 2 is 2.25 bits per heavy atom. The van der Waals surface area contributed by atoms with Crippen molar-refractivity contribution in [3.05, 3.63) is 22.3 Å². The van der Waals surface area contributed by atoms with Crippen molar-refractivity contribution in [2.24, 2.45) is 0 Å². The van der Waals surface area contributed by atoms with Crippen LogP contribution in [0.4, 0.5) is 0 Å². The molecular weight excluding hydrogens is 268 g/mol. The van der Waals surface area contributed by atoms with Crippen molar-refractivity contribution >= 4 is 15.9 Å². The fraction of sp³-hybridized carbons (Fsp3) is 0.583. The van der Waals surface area contributed by atoms with Crippen LogP contribution in [0.2, 0.25) is 0 Å². The molecule has 0 aromatic carbocycles. The first-order valence-electron chi connectivity index (χ1n) is 5.58. The van der Waals surface area contributed by atoms with Crippen molar-refractivity contribution in [1.82, 2.24) is 10.3 Å². The van der Waals surface area contributed by atoms with Gasteiger partial charge in [-0.2, -0.15) is 0 Å². The van der Waals surface area contributed by atoms with Gasteiger partial charge in [0.1, 0.15) is 0 Å². The summed E-state index contributed by atoms with van der Waals surface area (Å²) in [4.78, 5) is 4.18. The number of aromatic nitrogens is 1. The fourth-order valence-corrected chi connectivity index (χ4v) is 1.60. The van der Waals surface area contributed by atoms with Crippen LogP contribution < -0.4 is 10.1 Å². The maximum Gasteiger partial charge on any atom is 0.228 e. The van der Waals surface area contributed by atoms with Crippen molar-refractivity contribution in [1.29, 1.82) is 0 Å². The Morgan fingerprint density at radius 3 is 2.94 bits per heavy atom. The summed E-state index contributed by atoms with van der Waals surface area (Å²) in [5.41, 5.74) is 1.14. The Balaban J connectivity index is 2.29. The SMILES string of the molecule is Cc1ccnc(OCCCNC(C)C)c1Br. The van der Waals surface area contributed by atoms with Gasteiger partial charge < -0.3 is 10.1 Å². The molecule has 3 nitrogen and oxygen atoms in total. The Bertz CT molecular complexity index is 329. The van der Waals surface area contributed by atoms with Gasteiger partial charge in [0.25, 0.3) is 0 Å². The van der Waals surface area contributed by atoms with E-state index in [1.807, 2.05) is 13.0 Å². The number of nitrogens with zero attached hydrogens (tertiary/aromatic N) is 1. The predicted octanol–water partition coefficient (Wildman–Crippen LogP) is 2.92. The molecule has 1 aromatic rings. The molecule has 0 saturated heterocycles. The number of hydrogen-bond donors (Lipinski definition) is 1. The molecule has 0 atom stereocenters. The van der Waals surface area contributed by atoms with Gasteiger partial charge in [-0.25, -0.2) is 4.98 Å². The van der Waals surface area contributed by atoms with E-state index in [1.165, 1.54) is 0 Å². The zero-order valence-electron chi connectivity index (χ0n) is 10.1. The second-order valence-corrected chi connectivity index (χ2v) is 4.85. The molecule has 0 amide bonds. The zero-order chi connectivity index (χ0) is 12.0. The van der Waals surface area contributed by atoms with Crippen LogP contribution in [0.25, 0.3) is 0 Å². The van der Waals surface area contributed by atoms with Crippen LogP contribution >= 0.6 is 15.9 Å². The molecule has 0 bridgehead atoms. The van der Waals surface area contributed by atoms with Crippen LogP contribution in [0.15, 0.2) is 16.7 Å². The Hall–Kier alpha value is -0.610. The van der Waals surface area contributed by atoms with Crippen molar-refractivity contribution in [2.75, 3.05) is 13.2 Å². The molecule has 0 radical (unpaired) electrons. The van der Waals surface area contributed by atoms with Crippen LogP contribution in [0, 0.1) is 6.92 Å². The number of aryl methyl sites for hydroxylation is 1. The van der Waals surface area contributed by atoms with Gasteiger partial charge >= 0.3 is 0 Å². The molecule has 1 N–H and O–H groups in total. The highest BCUT2D eigenvalue weighted by Gasteiger charge is 2.04. The third kappa shape index (κ3) is 4.49. The maximum absolute atomic E-state index is 5.60. The van der Waals surface area contributed by atoms with Crippen LogP contribution in [0.5, 0.6) is 5.88 Å². The van der Waals surface area contributed by atoms with Gasteiger partial charge in [0.2, 0.25) is 5.88 Å². The van der Waals surface area contributed by atoms with E-state index >= 15 is 0 Å². The molecule has 16 heavy (non-hydrogen) atoms. The smallest absolute Gasteiger partial charge is 0.228 e. The number of nitrogens with one attached hydrogen (secondary N) is 1. The molecule has 4 heteroatoms. The number of rotatable bonds is 6. The van der Waals surface area contributed by atoms with E-state index in [0.29, 0.717) is 18.5 Å². The lowest BCUT2D eigenvalue weighted by Gasteiger charge is -2.10. The summed E-state index contributed by atoms with van der Waals surface area (Å²) in [6.07, 6.45) is 2.75. The summed E-state index contributed by atoms with van der Waals surface area (Å²) in [6, 6.07) is 2.49. The second-order valence-electron chi connectivity index (χ2n) is 4.06. The van der Waals surface area contributed by atoms with Crippen LogP contribution in [-0.4, -0.2) is 24.2 Å². The molecule has 90 valence electrons. The maximum atomic E-state index is 5.60. The summed E-state index contributed by atoms with van der Waals surface area (Å²) in [6.45, 7) is 7.97. The molecule has 0 aliphatic rings. The van der Waals surface area contributed by atoms with Gasteiger partial charge in [0.15, 0.2) is 0 Å². The van der Waals surface area contributed by atoms with Gasteiger partial charge in [-0.05, 0) is 47.4 Å². The predicted molar refractivity (Wildman–Crippen MR) is 69.9 cm³/mol. The van der Waals surface area contributed by atoms with E-state index in [2.05, 4.69) is 40.1 Å². The van der Waals surface area contributed by atoms with Gasteiger partial charge in [-0.3, -0.25) is 0 Å². The molecule has 0 spiro atoms. The van der Waals surface area contributed by atoms with Crippen molar-refractivity contribution in [3.8, 4) is 5.88 Å². The van der Waals surface area contributed by atoms with Crippen LogP contribution in [-0.2, 0) is 0 Å². The van der Waals surface area contributed by atoms with Gasteiger partial charge in [-0.15, -0.1) is 0 Å². The Morgan fingerprint density at radius 1 is 1.50 bits per heavy atom. The lowest BCUT2D eigenvalue weighted by atomic mass is 10.3. The first-order valence-corrected chi connectivity index (χ1v) is 6.38. The molecule has 0 aliphatic carbocycles. The largest absolute Gasteiger partial charge is 0.477 e. The molecular formula is C12H19BrN2O. The van der Waals surface area contributed by atoms with Crippen molar-refractivity contribution < 1.29 is 4.74 Å². The van der Waals surface area contributed by atoms with E-state index in [0.717, 1.165) is 23.0 Å². The number of hydrogen-bond acceptors (Lipinski definition) is 3. The molecule has 0 unspecified atom stereocenters. The van der Waals surface area contributed by atoms with Gasteiger partial charge in [0.05, 0.1) is 11.1 Å². The summed E-state index contributed by atoms with van der Waals surface area (Å²) in [5, 5.41) is 3.35. The normalized spacial score (nSPS) is 10.8. The third-order valence-electron chi connectivity index (χ3n) is 2.16. The summed E-state index contributed by atoms with van der Waals surface area (Å²) in [5.74, 6) is 0.685. The standard InChI is InChI=1S/C12H19BrN2O/c1-9(2)14-6-4-8-16-12-11(13)10(3)5-7-15-12/h5,7,9,14H,4,6,8H2,1-3H3. The number of pyridine rings is 1. The first kappa shape index (κ1) is 13.5. The minimum Gasteiger partial charge on any atom is -0.477 e. The van der Waals surface area contributed by atoms with Crippen LogP contribution in [0.3, 0.4) is 0 Å². The molecule has 0 saturated carbocycles. The van der Waals surface area contributed by atoms with E-state index in [-0.39, 0.29) is 0 Å². The summed E-state index contributed by atoms with van der Waals surface area (Å²) in [7, 11) is 0. The lowest BCUT2D eigenvalue weighted by Crippen LogP contribution is -2.24. The molecule has 0 fully saturated rings. The summed E-state index contributed by atoms with van der Waals surface area (Å²) >= 11 is 3.47. The van der Waals surface area contributed by atoms with Crippen molar-refractivity contribution in [3.63, 3.8) is 0 Å². The fourth-order valence-electron chi connectivity index (χ4n) is 1.25. The number of halogens is 1. The highest BCUT2D eigenvalue weighted by atomic mass is 79.9. The second kappa shape index (κ2) is 6.86. The topological polar surface area (TPSA) is 34.1 Å². The average Bonchev–Trinajstić information content (AvgIpc) is 2.23. The minimum atomic E-state index is 0.531. The Kier molecular flexibility index (Phi) is 5.77. The minimum absolute atomic E-state index is 0.531. The van der Waals surface area contributed by atoms with E-state index < -0.39 is 0 Å². The lowest BCUT2D eigenvalue weighted by molar-refractivity contribution is 0.293. The van der Waals surface area contributed by atoms with Crippen LogP contribution in [0.1, 0.15) is 25.8 Å². The quantitative estimate of drug-likeness (QED) is 0.817. The number of ether oxygens (including phenoxy) is 1. The zero-order valence-corrected chi connectivity index (χ0v) is 11.7. The van der Waals surface area contributed by atoms with E-state index in [1.54, 1.807) is 6.20 Å². The average molecular weight is 287 g/mol. The van der Waals surface area contributed by atoms with E-state index in [4.69, 9.17) is 4.74 Å². The molecule has 1 rings (SSSR count). The van der Waals surface area contributed by atoms with Gasteiger partial charge in [0, 0.05) is 12.2 Å². The van der Waals surface area contributed by atoms with E-state index in [9.17, 15) is 0 Å².